The third kappa shape index (κ3) is 2.95. The van der Waals surface area contributed by atoms with Gasteiger partial charge in [-0.2, -0.15) is 4.31 Å². The largest absolute Gasteiger partial charge is 0.243 e. The summed E-state index contributed by atoms with van der Waals surface area (Å²) in [4.78, 5) is 0.380. The molecular formula is C13H18BrNO2S. The third-order valence-electron chi connectivity index (χ3n) is 3.53. The standard InChI is InChI=1S/C13H18BrNO2S/c1-13(2)7-9-15(10-8-13)18(16,17)12-5-3-11(14)4-6-12/h3-6H,7-10H2,1-2H3. The van der Waals surface area contributed by atoms with Crippen LogP contribution in [-0.4, -0.2) is 25.8 Å². The molecule has 0 amide bonds. The van der Waals surface area contributed by atoms with Crippen molar-refractivity contribution in [3.8, 4) is 0 Å². The highest BCUT2D eigenvalue weighted by molar-refractivity contribution is 9.10. The maximum atomic E-state index is 12.4. The average Bonchev–Trinajstić information content (AvgIpc) is 2.29. The van der Waals surface area contributed by atoms with Crippen LogP contribution in [0.3, 0.4) is 0 Å². The molecule has 0 unspecified atom stereocenters. The van der Waals surface area contributed by atoms with E-state index in [1.165, 1.54) is 0 Å². The second kappa shape index (κ2) is 4.94. The van der Waals surface area contributed by atoms with E-state index in [0.717, 1.165) is 17.3 Å². The summed E-state index contributed by atoms with van der Waals surface area (Å²) in [5.74, 6) is 0. The molecule has 1 aromatic rings. The zero-order valence-corrected chi connectivity index (χ0v) is 13.1. The van der Waals surface area contributed by atoms with Gasteiger partial charge in [0.1, 0.15) is 0 Å². The van der Waals surface area contributed by atoms with Gasteiger partial charge < -0.3 is 0 Å². The third-order valence-corrected chi connectivity index (χ3v) is 5.97. The minimum Gasteiger partial charge on any atom is -0.207 e. The fourth-order valence-electron chi connectivity index (χ4n) is 2.09. The fraction of sp³-hybridized carbons (Fsp3) is 0.538. The van der Waals surface area contributed by atoms with E-state index >= 15 is 0 Å². The molecule has 1 aliphatic heterocycles. The van der Waals surface area contributed by atoms with Gasteiger partial charge in [-0.25, -0.2) is 8.42 Å². The van der Waals surface area contributed by atoms with E-state index in [4.69, 9.17) is 0 Å². The van der Waals surface area contributed by atoms with Crippen molar-refractivity contribution in [2.24, 2.45) is 5.41 Å². The van der Waals surface area contributed by atoms with Crippen LogP contribution in [0, 0.1) is 5.41 Å². The second-order valence-corrected chi connectivity index (χ2v) is 8.38. The van der Waals surface area contributed by atoms with Crippen molar-refractivity contribution in [1.82, 2.24) is 4.31 Å². The number of hydrogen-bond donors (Lipinski definition) is 0. The fourth-order valence-corrected chi connectivity index (χ4v) is 3.79. The molecule has 0 N–H and O–H groups in total. The smallest absolute Gasteiger partial charge is 0.207 e. The maximum absolute atomic E-state index is 12.4. The van der Waals surface area contributed by atoms with Crippen LogP contribution in [0.5, 0.6) is 0 Å². The number of nitrogens with zero attached hydrogens (tertiary/aromatic N) is 1. The topological polar surface area (TPSA) is 37.4 Å². The van der Waals surface area contributed by atoms with E-state index in [0.29, 0.717) is 18.0 Å². The SMILES string of the molecule is CC1(C)CCN(S(=O)(=O)c2ccc(Br)cc2)CC1. The molecule has 0 spiro atoms. The van der Waals surface area contributed by atoms with E-state index in [1.807, 2.05) is 0 Å². The number of sulfonamides is 1. The molecule has 100 valence electrons. The first-order valence-corrected chi connectivity index (χ1v) is 8.30. The van der Waals surface area contributed by atoms with Crippen LogP contribution in [-0.2, 0) is 10.0 Å². The van der Waals surface area contributed by atoms with Gasteiger partial charge in [-0.15, -0.1) is 0 Å². The molecule has 1 aliphatic rings. The number of piperidine rings is 1. The second-order valence-electron chi connectivity index (χ2n) is 5.52. The molecule has 1 saturated heterocycles. The molecule has 5 heteroatoms. The Morgan fingerprint density at radius 2 is 1.61 bits per heavy atom. The van der Waals surface area contributed by atoms with Gasteiger partial charge in [-0.3, -0.25) is 0 Å². The lowest BCUT2D eigenvalue weighted by molar-refractivity contribution is 0.196. The van der Waals surface area contributed by atoms with Crippen molar-refractivity contribution in [3.05, 3.63) is 28.7 Å². The minimum absolute atomic E-state index is 0.256. The predicted octanol–water partition coefficient (Wildman–Crippen LogP) is 3.26. The minimum atomic E-state index is -3.32. The Morgan fingerprint density at radius 3 is 2.11 bits per heavy atom. The van der Waals surface area contributed by atoms with E-state index in [-0.39, 0.29) is 5.41 Å². The first-order chi connectivity index (χ1) is 8.31. The summed E-state index contributed by atoms with van der Waals surface area (Å²) in [5, 5.41) is 0. The van der Waals surface area contributed by atoms with Crippen LogP contribution in [0.15, 0.2) is 33.6 Å². The molecule has 0 aromatic heterocycles. The normalized spacial score (nSPS) is 20.8. The Bertz CT molecular complexity index is 512. The number of rotatable bonds is 2. The Kier molecular flexibility index (Phi) is 3.85. The summed E-state index contributed by atoms with van der Waals surface area (Å²) in [5.41, 5.74) is 0.256. The Labute approximate surface area is 117 Å². The highest BCUT2D eigenvalue weighted by Gasteiger charge is 2.32. The molecule has 0 aliphatic carbocycles. The highest BCUT2D eigenvalue weighted by Crippen LogP contribution is 2.32. The van der Waals surface area contributed by atoms with Gasteiger partial charge >= 0.3 is 0 Å². The van der Waals surface area contributed by atoms with Gasteiger partial charge in [0.25, 0.3) is 0 Å². The zero-order valence-electron chi connectivity index (χ0n) is 10.7. The summed E-state index contributed by atoms with van der Waals surface area (Å²) in [7, 11) is -3.32. The molecule has 3 nitrogen and oxygen atoms in total. The van der Waals surface area contributed by atoms with Gasteiger partial charge in [-0.1, -0.05) is 29.8 Å². The Balaban J connectivity index is 2.20. The van der Waals surface area contributed by atoms with E-state index in [1.54, 1.807) is 28.6 Å². The van der Waals surface area contributed by atoms with E-state index in [9.17, 15) is 8.42 Å². The van der Waals surface area contributed by atoms with Crippen LogP contribution >= 0.6 is 15.9 Å². The predicted molar refractivity (Wildman–Crippen MR) is 75.9 cm³/mol. The van der Waals surface area contributed by atoms with Crippen molar-refractivity contribution in [3.63, 3.8) is 0 Å². The number of hydrogen-bond acceptors (Lipinski definition) is 2. The maximum Gasteiger partial charge on any atom is 0.243 e. The van der Waals surface area contributed by atoms with E-state index < -0.39 is 10.0 Å². The van der Waals surface area contributed by atoms with Crippen molar-refractivity contribution in [2.75, 3.05) is 13.1 Å². The van der Waals surface area contributed by atoms with Crippen LogP contribution in [0.4, 0.5) is 0 Å². The first-order valence-electron chi connectivity index (χ1n) is 6.07. The average molecular weight is 332 g/mol. The summed E-state index contributed by atoms with van der Waals surface area (Å²) < 4.78 is 27.3. The molecular weight excluding hydrogens is 314 g/mol. The van der Waals surface area contributed by atoms with Crippen molar-refractivity contribution >= 4 is 26.0 Å². The van der Waals surface area contributed by atoms with Gasteiger partial charge in [-0.05, 0) is 42.5 Å². The number of benzene rings is 1. The lowest BCUT2D eigenvalue weighted by Gasteiger charge is -2.36. The lowest BCUT2D eigenvalue weighted by atomic mass is 9.83. The van der Waals surface area contributed by atoms with Crippen LogP contribution in [0.1, 0.15) is 26.7 Å². The van der Waals surface area contributed by atoms with Crippen molar-refractivity contribution in [1.29, 1.82) is 0 Å². The molecule has 0 atom stereocenters. The van der Waals surface area contributed by atoms with Gasteiger partial charge in [0, 0.05) is 17.6 Å². The molecule has 1 aromatic carbocycles. The molecule has 1 fully saturated rings. The van der Waals surface area contributed by atoms with Gasteiger partial charge in [0.2, 0.25) is 10.0 Å². The Morgan fingerprint density at radius 1 is 1.11 bits per heavy atom. The first kappa shape index (κ1) is 14.0. The van der Waals surface area contributed by atoms with Crippen molar-refractivity contribution < 1.29 is 8.42 Å². The molecule has 2 rings (SSSR count). The molecule has 1 heterocycles. The zero-order chi connectivity index (χ0) is 13.4. The van der Waals surface area contributed by atoms with E-state index in [2.05, 4.69) is 29.8 Å². The number of halogens is 1. The summed E-state index contributed by atoms with van der Waals surface area (Å²) >= 11 is 3.31. The highest BCUT2D eigenvalue weighted by atomic mass is 79.9. The quantitative estimate of drug-likeness (QED) is 0.834. The molecule has 0 saturated carbocycles. The summed E-state index contributed by atoms with van der Waals surface area (Å²) in [6.45, 7) is 5.62. The Hall–Kier alpha value is -0.390. The van der Waals surface area contributed by atoms with Crippen LogP contribution in [0.2, 0.25) is 0 Å². The summed E-state index contributed by atoms with van der Waals surface area (Å²) in [6, 6.07) is 6.83. The monoisotopic (exact) mass is 331 g/mol. The lowest BCUT2D eigenvalue weighted by Crippen LogP contribution is -2.41. The van der Waals surface area contributed by atoms with Gasteiger partial charge in [0.05, 0.1) is 4.90 Å². The van der Waals surface area contributed by atoms with Crippen LogP contribution < -0.4 is 0 Å². The van der Waals surface area contributed by atoms with Gasteiger partial charge in [0.15, 0.2) is 0 Å². The molecule has 0 bridgehead atoms. The molecule has 18 heavy (non-hydrogen) atoms. The summed E-state index contributed by atoms with van der Waals surface area (Å²) in [6.07, 6.45) is 1.84. The van der Waals surface area contributed by atoms with Crippen LogP contribution in [0.25, 0.3) is 0 Å². The van der Waals surface area contributed by atoms with Crippen molar-refractivity contribution in [2.45, 2.75) is 31.6 Å². The molecule has 0 radical (unpaired) electrons.